The quantitative estimate of drug-likeness (QED) is 0.843. The molecule has 1 fully saturated rings. The number of nitrogens with two attached hydrogens (primary N) is 1. The van der Waals surface area contributed by atoms with E-state index in [1.807, 2.05) is 30.3 Å². The lowest BCUT2D eigenvalue weighted by Gasteiger charge is -2.19. The van der Waals surface area contributed by atoms with Gasteiger partial charge >= 0.3 is 0 Å². The largest absolute Gasteiger partial charge is 0.354 e. The molecule has 3 rings (SSSR count). The summed E-state index contributed by atoms with van der Waals surface area (Å²) in [6.45, 7) is 0.556. The van der Waals surface area contributed by atoms with E-state index >= 15 is 0 Å². The van der Waals surface area contributed by atoms with E-state index in [0.29, 0.717) is 13.0 Å². The van der Waals surface area contributed by atoms with Gasteiger partial charge in [-0.15, -0.1) is 12.4 Å². The fourth-order valence-corrected chi connectivity index (χ4v) is 2.87. The van der Waals surface area contributed by atoms with Crippen LogP contribution in [0.2, 0.25) is 0 Å². The number of carbonyl (C=O) groups excluding carboxylic acids is 1. The maximum Gasteiger partial charge on any atom is 0.237 e. The lowest BCUT2D eigenvalue weighted by Crippen LogP contribution is -2.44. The molecular formula is C19H22ClFN2O. The van der Waals surface area contributed by atoms with Crippen LogP contribution in [0.1, 0.15) is 24.0 Å². The monoisotopic (exact) mass is 348 g/mol. The molecule has 0 aliphatic heterocycles. The van der Waals surface area contributed by atoms with Gasteiger partial charge < -0.3 is 11.1 Å². The van der Waals surface area contributed by atoms with E-state index < -0.39 is 6.04 Å². The van der Waals surface area contributed by atoms with Crippen LogP contribution in [-0.4, -0.2) is 18.5 Å². The van der Waals surface area contributed by atoms with Crippen molar-refractivity contribution in [2.24, 2.45) is 5.73 Å². The van der Waals surface area contributed by atoms with Crippen molar-refractivity contribution in [2.45, 2.75) is 30.7 Å². The molecular weight excluding hydrogens is 327 g/mol. The van der Waals surface area contributed by atoms with Crippen molar-refractivity contribution in [3.05, 3.63) is 71.5 Å². The summed E-state index contributed by atoms with van der Waals surface area (Å²) in [4.78, 5) is 12.2. The smallest absolute Gasteiger partial charge is 0.237 e. The van der Waals surface area contributed by atoms with Crippen LogP contribution in [0.3, 0.4) is 0 Å². The summed E-state index contributed by atoms with van der Waals surface area (Å²) in [5.41, 5.74) is 8.08. The standard InChI is InChI=1S/C19H21FN2O.ClH/c20-16-8-6-15(7-9-16)19(10-11-19)13-22-18(23)17(21)12-14-4-2-1-3-5-14;/h1-9,17H,10-13,21H2,(H,22,23);1H/t17-;/m0./s1. The molecule has 0 bridgehead atoms. The van der Waals surface area contributed by atoms with Crippen molar-refractivity contribution >= 4 is 18.3 Å². The summed E-state index contributed by atoms with van der Waals surface area (Å²) in [6.07, 6.45) is 2.54. The Labute approximate surface area is 147 Å². The van der Waals surface area contributed by atoms with Gasteiger partial charge in [-0.25, -0.2) is 4.39 Å². The number of halogens is 2. The van der Waals surface area contributed by atoms with Crippen LogP contribution in [0, 0.1) is 5.82 Å². The number of rotatable bonds is 6. The topological polar surface area (TPSA) is 55.1 Å². The Bertz CT molecular complexity index is 672. The molecule has 1 aliphatic carbocycles. The van der Waals surface area contributed by atoms with Gasteiger partial charge in [0.05, 0.1) is 6.04 Å². The van der Waals surface area contributed by atoms with Gasteiger partial charge in [0, 0.05) is 12.0 Å². The average Bonchev–Trinajstić information content (AvgIpc) is 3.35. The van der Waals surface area contributed by atoms with Crippen LogP contribution in [0.15, 0.2) is 54.6 Å². The molecule has 24 heavy (non-hydrogen) atoms. The summed E-state index contributed by atoms with van der Waals surface area (Å²) in [5, 5.41) is 2.96. The van der Waals surface area contributed by atoms with Crippen LogP contribution in [0.25, 0.3) is 0 Å². The van der Waals surface area contributed by atoms with E-state index in [1.165, 1.54) is 12.1 Å². The molecule has 128 valence electrons. The molecule has 0 heterocycles. The molecule has 5 heteroatoms. The number of nitrogens with one attached hydrogen (secondary N) is 1. The summed E-state index contributed by atoms with van der Waals surface area (Å²) >= 11 is 0. The summed E-state index contributed by atoms with van der Waals surface area (Å²) in [7, 11) is 0. The second kappa shape index (κ2) is 7.77. The Balaban J connectivity index is 0.00000208. The van der Waals surface area contributed by atoms with Crippen molar-refractivity contribution in [1.29, 1.82) is 0 Å². The Morgan fingerprint density at radius 3 is 2.33 bits per heavy atom. The van der Waals surface area contributed by atoms with E-state index in [0.717, 1.165) is 24.0 Å². The highest BCUT2D eigenvalue weighted by Gasteiger charge is 2.44. The highest BCUT2D eigenvalue weighted by molar-refractivity contribution is 5.85. The fraction of sp³-hybridized carbons (Fsp3) is 0.316. The maximum atomic E-state index is 13.0. The summed E-state index contributed by atoms with van der Waals surface area (Å²) < 4.78 is 13.0. The summed E-state index contributed by atoms with van der Waals surface area (Å²) in [5.74, 6) is -0.374. The fourth-order valence-electron chi connectivity index (χ4n) is 2.87. The second-order valence-electron chi connectivity index (χ2n) is 6.30. The first-order chi connectivity index (χ1) is 11.1. The Morgan fingerprint density at radius 2 is 1.75 bits per heavy atom. The normalized spacial score (nSPS) is 15.9. The van der Waals surface area contributed by atoms with E-state index in [-0.39, 0.29) is 29.5 Å². The van der Waals surface area contributed by atoms with E-state index in [1.54, 1.807) is 12.1 Å². The predicted molar refractivity (Wildman–Crippen MR) is 95.7 cm³/mol. The third-order valence-corrected chi connectivity index (χ3v) is 4.55. The van der Waals surface area contributed by atoms with Gasteiger partial charge in [-0.3, -0.25) is 4.79 Å². The summed E-state index contributed by atoms with van der Waals surface area (Å²) in [6, 6.07) is 15.7. The van der Waals surface area contributed by atoms with Crippen LogP contribution in [-0.2, 0) is 16.6 Å². The first-order valence-corrected chi connectivity index (χ1v) is 7.92. The van der Waals surface area contributed by atoms with Crippen molar-refractivity contribution in [3.63, 3.8) is 0 Å². The number of carbonyl (C=O) groups is 1. The SMILES string of the molecule is Cl.N[C@@H](Cc1ccccc1)C(=O)NCC1(c2ccc(F)cc2)CC1. The van der Waals surface area contributed by atoms with Crippen LogP contribution < -0.4 is 11.1 Å². The predicted octanol–water partition coefficient (Wildman–Crippen LogP) is 2.97. The van der Waals surface area contributed by atoms with Gasteiger partial charge in [0.25, 0.3) is 0 Å². The molecule has 0 spiro atoms. The molecule has 2 aromatic carbocycles. The molecule has 1 aliphatic rings. The number of hydrogen-bond donors (Lipinski definition) is 2. The molecule has 3 N–H and O–H groups in total. The van der Waals surface area contributed by atoms with Gasteiger partial charge in [0.15, 0.2) is 0 Å². The van der Waals surface area contributed by atoms with Gasteiger partial charge in [-0.05, 0) is 42.5 Å². The van der Waals surface area contributed by atoms with Crippen molar-refractivity contribution in [1.82, 2.24) is 5.32 Å². The zero-order valence-electron chi connectivity index (χ0n) is 13.4. The highest BCUT2D eigenvalue weighted by Crippen LogP contribution is 2.47. The molecule has 2 aromatic rings. The molecule has 1 amide bonds. The Hall–Kier alpha value is -1.91. The number of hydrogen-bond acceptors (Lipinski definition) is 2. The zero-order valence-corrected chi connectivity index (χ0v) is 14.2. The zero-order chi connectivity index (χ0) is 16.3. The van der Waals surface area contributed by atoms with Crippen molar-refractivity contribution in [2.75, 3.05) is 6.54 Å². The molecule has 0 unspecified atom stereocenters. The van der Waals surface area contributed by atoms with E-state index in [4.69, 9.17) is 5.73 Å². The van der Waals surface area contributed by atoms with E-state index in [2.05, 4.69) is 5.32 Å². The minimum atomic E-state index is -0.554. The Kier molecular flexibility index (Phi) is 5.97. The van der Waals surface area contributed by atoms with Gasteiger partial charge in [0.1, 0.15) is 5.82 Å². The van der Waals surface area contributed by atoms with Crippen molar-refractivity contribution in [3.8, 4) is 0 Å². The van der Waals surface area contributed by atoms with Crippen molar-refractivity contribution < 1.29 is 9.18 Å². The minimum Gasteiger partial charge on any atom is -0.354 e. The molecule has 0 saturated heterocycles. The van der Waals surface area contributed by atoms with Gasteiger partial charge in [-0.1, -0.05) is 42.5 Å². The molecule has 0 aromatic heterocycles. The first-order valence-electron chi connectivity index (χ1n) is 7.92. The lowest BCUT2D eigenvalue weighted by atomic mass is 9.95. The minimum absolute atomic E-state index is 0. The molecule has 1 saturated carbocycles. The lowest BCUT2D eigenvalue weighted by molar-refractivity contribution is -0.122. The first kappa shape index (κ1) is 18.4. The Morgan fingerprint density at radius 1 is 1.12 bits per heavy atom. The third-order valence-electron chi connectivity index (χ3n) is 4.55. The van der Waals surface area contributed by atoms with Crippen LogP contribution in [0.5, 0.6) is 0 Å². The van der Waals surface area contributed by atoms with Gasteiger partial charge in [0.2, 0.25) is 5.91 Å². The third kappa shape index (κ3) is 4.34. The van der Waals surface area contributed by atoms with Crippen LogP contribution in [0.4, 0.5) is 4.39 Å². The average molecular weight is 349 g/mol. The van der Waals surface area contributed by atoms with Gasteiger partial charge in [-0.2, -0.15) is 0 Å². The number of amides is 1. The highest BCUT2D eigenvalue weighted by atomic mass is 35.5. The van der Waals surface area contributed by atoms with E-state index in [9.17, 15) is 9.18 Å². The molecule has 3 nitrogen and oxygen atoms in total. The maximum absolute atomic E-state index is 13.0. The number of benzene rings is 2. The van der Waals surface area contributed by atoms with Crippen LogP contribution >= 0.6 is 12.4 Å². The molecule has 1 atom stereocenters. The second-order valence-corrected chi connectivity index (χ2v) is 6.30. The molecule has 0 radical (unpaired) electrons.